The fourth-order valence-corrected chi connectivity index (χ4v) is 4.16. The first kappa shape index (κ1) is 19.9. The van der Waals surface area contributed by atoms with Gasteiger partial charge >= 0.3 is 0 Å². The van der Waals surface area contributed by atoms with Crippen LogP contribution in [0.25, 0.3) is 5.78 Å². The van der Waals surface area contributed by atoms with Crippen LogP contribution < -0.4 is 0 Å². The number of aromatic nitrogens is 4. The van der Waals surface area contributed by atoms with Crippen LogP contribution >= 0.6 is 0 Å². The molecule has 0 aliphatic carbocycles. The maximum absolute atomic E-state index is 13.4. The molecule has 29 heavy (non-hydrogen) atoms. The van der Waals surface area contributed by atoms with Crippen LogP contribution in [0.1, 0.15) is 68.0 Å². The Kier molecular flexibility index (Phi) is 5.58. The Morgan fingerprint density at radius 3 is 2.62 bits per heavy atom. The van der Waals surface area contributed by atoms with E-state index in [-0.39, 0.29) is 17.4 Å². The Hall–Kier alpha value is -2.41. The lowest BCUT2D eigenvalue weighted by molar-refractivity contribution is 0.143. The van der Waals surface area contributed by atoms with Gasteiger partial charge in [0, 0.05) is 19.0 Å². The van der Waals surface area contributed by atoms with Crippen LogP contribution in [0.5, 0.6) is 0 Å². The number of benzene rings is 1. The van der Waals surface area contributed by atoms with Gasteiger partial charge in [-0.15, -0.1) is 0 Å². The van der Waals surface area contributed by atoms with Gasteiger partial charge in [-0.25, -0.2) is 18.3 Å². The highest BCUT2D eigenvalue weighted by atomic mass is 19.3. The molecule has 5 nitrogen and oxygen atoms in total. The SMILES string of the molecule is CC(C)c1ccc(CN2CC[C@@H](C)[C@H](c3cc(C(F)F)nc4ncnn34)C2)cc1. The van der Waals surface area contributed by atoms with Gasteiger partial charge in [-0.1, -0.05) is 45.0 Å². The molecule has 1 aliphatic rings. The number of fused-ring (bicyclic) bond motifs is 1. The molecule has 154 valence electrons. The normalized spacial score (nSPS) is 20.8. The van der Waals surface area contributed by atoms with Crippen LogP contribution in [0.15, 0.2) is 36.7 Å². The molecule has 4 rings (SSSR count). The van der Waals surface area contributed by atoms with E-state index in [4.69, 9.17) is 0 Å². The maximum Gasteiger partial charge on any atom is 0.280 e. The number of rotatable bonds is 5. The maximum atomic E-state index is 13.4. The van der Waals surface area contributed by atoms with Gasteiger partial charge in [0.25, 0.3) is 12.2 Å². The van der Waals surface area contributed by atoms with Gasteiger partial charge in [-0.3, -0.25) is 4.90 Å². The molecule has 1 fully saturated rings. The minimum Gasteiger partial charge on any atom is -0.298 e. The number of halogens is 2. The van der Waals surface area contributed by atoms with Crippen LogP contribution in [0, 0.1) is 5.92 Å². The Morgan fingerprint density at radius 1 is 1.17 bits per heavy atom. The van der Waals surface area contributed by atoms with E-state index in [0.29, 0.717) is 11.8 Å². The fraction of sp³-hybridized carbons (Fsp3) is 0.500. The van der Waals surface area contributed by atoms with E-state index in [0.717, 1.165) is 31.7 Å². The molecule has 2 atom stereocenters. The molecule has 1 aliphatic heterocycles. The molecule has 3 heterocycles. The minimum atomic E-state index is -2.62. The molecule has 7 heteroatoms. The third-order valence-electron chi connectivity index (χ3n) is 6.00. The molecule has 0 saturated carbocycles. The second kappa shape index (κ2) is 8.14. The zero-order valence-corrected chi connectivity index (χ0v) is 17.1. The monoisotopic (exact) mass is 399 g/mol. The lowest BCUT2D eigenvalue weighted by Crippen LogP contribution is -2.38. The molecule has 0 spiro atoms. The minimum absolute atomic E-state index is 0.100. The van der Waals surface area contributed by atoms with E-state index in [9.17, 15) is 8.78 Å². The second-order valence-corrected chi connectivity index (χ2v) is 8.38. The van der Waals surface area contributed by atoms with Crippen molar-refractivity contribution < 1.29 is 8.78 Å². The fourth-order valence-electron chi connectivity index (χ4n) is 4.16. The summed E-state index contributed by atoms with van der Waals surface area (Å²) < 4.78 is 28.4. The number of piperidine rings is 1. The Balaban J connectivity index is 1.58. The van der Waals surface area contributed by atoms with E-state index in [1.807, 2.05) is 0 Å². The van der Waals surface area contributed by atoms with Crippen LogP contribution in [-0.4, -0.2) is 37.6 Å². The van der Waals surface area contributed by atoms with Crippen molar-refractivity contribution in [1.82, 2.24) is 24.5 Å². The van der Waals surface area contributed by atoms with E-state index in [1.54, 1.807) is 4.52 Å². The van der Waals surface area contributed by atoms with Gasteiger partial charge in [0.1, 0.15) is 12.0 Å². The van der Waals surface area contributed by atoms with Gasteiger partial charge in [-0.05, 0) is 42.0 Å². The molecule has 0 amide bonds. The number of hydrogen-bond acceptors (Lipinski definition) is 4. The smallest absolute Gasteiger partial charge is 0.280 e. The molecule has 0 unspecified atom stereocenters. The largest absolute Gasteiger partial charge is 0.298 e. The summed E-state index contributed by atoms with van der Waals surface area (Å²) in [4.78, 5) is 10.4. The Bertz CT molecular complexity index is 967. The number of hydrogen-bond donors (Lipinski definition) is 0. The van der Waals surface area contributed by atoms with Crippen molar-refractivity contribution in [3.05, 3.63) is 59.2 Å². The highest BCUT2D eigenvalue weighted by Gasteiger charge is 2.31. The molecular weight excluding hydrogens is 372 g/mol. The molecule has 0 radical (unpaired) electrons. The quantitative estimate of drug-likeness (QED) is 0.618. The summed E-state index contributed by atoms with van der Waals surface area (Å²) in [6.45, 7) is 9.23. The van der Waals surface area contributed by atoms with E-state index in [1.165, 1.54) is 23.5 Å². The second-order valence-electron chi connectivity index (χ2n) is 8.38. The molecule has 3 aromatic rings. The average molecular weight is 399 g/mol. The van der Waals surface area contributed by atoms with Crippen molar-refractivity contribution >= 4 is 5.78 Å². The first-order valence-corrected chi connectivity index (χ1v) is 10.2. The highest BCUT2D eigenvalue weighted by molar-refractivity contribution is 5.33. The predicted octanol–water partition coefficient (Wildman–Crippen LogP) is 4.81. The zero-order chi connectivity index (χ0) is 20.5. The topological polar surface area (TPSA) is 46.3 Å². The van der Waals surface area contributed by atoms with Crippen molar-refractivity contribution in [2.24, 2.45) is 5.92 Å². The molecule has 0 bridgehead atoms. The first-order chi connectivity index (χ1) is 13.9. The number of likely N-dealkylation sites (tertiary alicyclic amines) is 1. The lowest BCUT2D eigenvalue weighted by atomic mass is 9.84. The van der Waals surface area contributed by atoms with E-state index < -0.39 is 6.43 Å². The van der Waals surface area contributed by atoms with Gasteiger partial charge in [-0.2, -0.15) is 10.1 Å². The van der Waals surface area contributed by atoms with Crippen LogP contribution in [-0.2, 0) is 6.54 Å². The summed E-state index contributed by atoms with van der Waals surface area (Å²) in [5.41, 5.74) is 3.16. The molecular formula is C22H27F2N5. The lowest BCUT2D eigenvalue weighted by Gasteiger charge is -2.37. The summed E-state index contributed by atoms with van der Waals surface area (Å²) in [5.74, 6) is 1.23. The van der Waals surface area contributed by atoms with Crippen molar-refractivity contribution in [3.8, 4) is 0 Å². The Labute approximate surface area is 169 Å². The van der Waals surface area contributed by atoms with Gasteiger partial charge in [0.2, 0.25) is 0 Å². The van der Waals surface area contributed by atoms with Gasteiger partial charge < -0.3 is 0 Å². The van der Waals surface area contributed by atoms with Crippen LogP contribution in [0.2, 0.25) is 0 Å². The molecule has 0 N–H and O–H groups in total. The van der Waals surface area contributed by atoms with Crippen molar-refractivity contribution in [2.45, 2.75) is 52.0 Å². The molecule has 1 saturated heterocycles. The number of alkyl halides is 2. The summed E-state index contributed by atoms with van der Waals surface area (Å²) in [7, 11) is 0. The van der Waals surface area contributed by atoms with E-state index in [2.05, 4.69) is 65.0 Å². The van der Waals surface area contributed by atoms with Crippen molar-refractivity contribution in [2.75, 3.05) is 13.1 Å². The van der Waals surface area contributed by atoms with Crippen LogP contribution in [0.3, 0.4) is 0 Å². The summed E-state index contributed by atoms with van der Waals surface area (Å²) in [5, 5.41) is 4.24. The Morgan fingerprint density at radius 2 is 1.93 bits per heavy atom. The van der Waals surface area contributed by atoms with Crippen LogP contribution in [0.4, 0.5) is 8.78 Å². The zero-order valence-electron chi connectivity index (χ0n) is 17.1. The highest BCUT2D eigenvalue weighted by Crippen LogP contribution is 2.34. The average Bonchev–Trinajstić information content (AvgIpc) is 3.18. The third-order valence-corrected chi connectivity index (χ3v) is 6.00. The summed E-state index contributed by atoms with van der Waals surface area (Å²) >= 11 is 0. The summed E-state index contributed by atoms with van der Waals surface area (Å²) in [6, 6.07) is 10.3. The van der Waals surface area contributed by atoms with Crippen molar-refractivity contribution in [3.63, 3.8) is 0 Å². The first-order valence-electron chi connectivity index (χ1n) is 10.2. The predicted molar refractivity (Wildman–Crippen MR) is 108 cm³/mol. The van der Waals surface area contributed by atoms with Gasteiger partial charge in [0.15, 0.2) is 0 Å². The summed E-state index contributed by atoms with van der Waals surface area (Å²) in [6.07, 6.45) is -0.232. The van der Waals surface area contributed by atoms with E-state index >= 15 is 0 Å². The standard InChI is InChI=1S/C22H27F2N5/c1-14(2)17-6-4-16(5-7-17)11-28-9-8-15(3)18(12-28)20-10-19(21(23)24)27-22-25-13-26-29(20)22/h4-7,10,13-15,18,21H,8-9,11-12H2,1-3H3/t15-,18-/m1/s1. The third kappa shape index (κ3) is 4.15. The van der Waals surface area contributed by atoms with Gasteiger partial charge in [0.05, 0.1) is 5.69 Å². The molecule has 2 aromatic heterocycles. The van der Waals surface area contributed by atoms with Crippen molar-refractivity contribution in [1.29, 1.82) is 0 Å². The number of nitrogens with zero attached hydrogens (tertiary/aromatic N) is 5. The molecule has 1 aromatic carbocycles.